The Morgan fingerprint density at radius 1 is 1.29 bits per heavy atom. The normalized spacial score (nSPS) is 17.0. The number of aryl methyl sites for hydroxylation is 1. The summed E-state index contributed by atoms with van der Waals surface area (Å²) < 4.78 is 1.28. The number of carbonyl (C=O) groups excluding carboxylic acids is 2. The number of benzene rings is 1. The highest BCUT2D eigenvalue weighted by atomic mass is 16.4. The minimum Gasteiger partial charge on any atom is -0.479 e. The molecule has 0 bridgehead atoms. The molecule has 1 unspecified atom stereocenters. The van der Waals surface area contributed by atoms with Gasteiger partial charge in [0.15, 0.2) is 5.54 Å². The van der Waals surface area contributed by atoms with Gasteiger partial charge in [0, 0.05) is 24.8 Å². The maximum Gasteiger partial charge on any atom is 0.331 e. The van der Waals surface area contributed by atoms with Crippen LogP contribution in [-0.2, 0) is 26.3 Å². The van der Waals surface area contributed by atoms with E-state index in [2.05, 4.69) is 17.3 Å². The average Bonchev–Trinajstić information content (AvgIpc) is 3.29. The van der Waals surface area contributed by atoms with Crippen molar-refractivity contribution in [1.82, 2.24) is 9.78 Å². The first-order valence-electron chi connectivity index (χ1n) is 9.21. The van der Waals surface area contributed by atoms with Crippen molar-refractivity contribution in [3.8, 4) is 0 Å². The predicted molar refractivity (Wildman–Crippen MR) is 104 cm³/mol. The number of nitrogens with one attached hydrogen (secondary N) is 1. The maximum atomic E-state index is 12.6. The van der Waals surface area contributed by atoms with Gasteiger partial charge < -0.3 is 15.3 Å². The smallest absolute Gasteiger partial charge is 0.331 e. The number of aromatic nitrogens is 2. The number of hydrogen-bond acceptors (Lipinski definition) is 4. The summed E-state index contributed by atoms with van der Waals surface area (Å²) in [5.41, 5.74) is 1.14. The van der Waals surface area contributed by atoms with Crippen LogP contribution in [0.2, 0.25) is 0 Å². The molecular formula is C20H24N4O4. The fraction of sp³-hybridized carbons (Fsp3) is 0.400. The molecule has 1 aliphatic rings. The molecule has 1 aliphatic heterocycles. The number of carboxylic acid groups (broad SMARTS) is 1. The fourth-order valence-corrected chi connectivity index (χ4v) is 3.08. The van der Waals surface area contributed by atoms with Gasteiger partial charge in [-0.3, -0.25) is 14.3 Å². The molecular weight excluding hydrogens is 360 g/mol. The molecule has 28 heavy (non-hydrogen) atoms. The molecule has 1 fully saturated rings. The zero-order chi connectivity index (χ0) is 20.5. The quantitative estimate of drug-likeness (QED) is 0.795. The molecule has 1 aromatic heterocycles. The second-order valence-corrected chi connectivity index (χ2v) is 7.45. The van der Waals surface area contributed by atoms with E-state index in [0.29, 0.717) is 12.2 Å². The first-order chi connectivity index (χ1) is 13.2. The summed E-state index contributed by atoms with van der Waals surface area (Å²) in [6.45, 7) is 5.41. The Morgan fingerprint density at radius 3 is 2.57 bits per heavy atom. The highest BCUT2D eigenvalue weighted by molar-refractivity contribution is 6.03. The van der Waals surface area contributed by atoms with Gasteiger partial charge in [-0.2, -0.15) is 5.10 Å². The second kappa shape index (κ2) is 7.46. The van der Waals surface area contributed by atoms with Gasteiger partial charge in [0.1, 0.15) is 0 Å². The predicted octanol–water partition coefficient (Wildman–Crippen LogP) is 2.26. The van der Waals surface area contributed by atoms with Crippen LogP contribution in [0.3, 0.4) is 0 Å². The number of anilines is 2. The number of rotatable bonds is 6. The van der Waals surface area contributed by atoms with Crippen LogP contribution in [0.15, 0.2) is 36.7 Å². The summed E-state index contributed by atoms with van der Waals surface area (Å²) in [6.07, 6.45) is 3.94. The minimum atomic E-state index is -1.23. The molecule has 1 saturated heterocycles. The Hall–Kier alpha value is -3.16. The summed E-state index contributed by atoms with van der Waals surface area (Å²) in [5, 5.41) is 16.0. The van der Waals surface area contributed by atoms with Crippen molar-refractivity contribution in [1.29, 1.82) is 0 Å². The number of carboxylic acids is 1. The Morgan fingerprint density at radius 2 is 1.96 bits per heavy atom. The van der Waals surface area contributed by atoms with Crippen LogP contribution in [-0.4, -0.2) is 39.2 Å². The molecule has 1 aromatic carbocycles. The first kappa shape index (κ1) is 19.6. The minimum absolute atomic E-state index is 0.0906. The molecule has 0 saturated carbocycles. The molecule has 8 nitrogen and oxygen atoms in total. The van der Waals surface area contributed by atoms with E-state index in [1.165, 1.54) is 36.5 Å². The van der Waals surface area contributed by atoms with Crippen LogP contribution >= 0.6 is 0 Å². The van der Waals surface area contributed by atoms with Crippen molar-refractivity contribution in [2.75, 3.05) is 16.8 Å². The summed E-state index contributed by atoms with van der Waals surface area (Å²) in [5.74, 6) is -1.88. The third-order valence-corrected chi connectivity index (χ3v) is 5.10. The lowest BCUT2D eigenvalue weighted by molar-refractivity contribution is -0.146. The summed E-state index contributed by atoms with van der Waals surface area (Å²) >= 11 is 0. The molecule has 0 radical (unpaired) electrons. The Balaban J connectivity index is 1.66. The molecule has 0 aliphatic carbocycles. The number of amides is 2. The molecule has 2 amide bonds. The fourth-order valence-electron chi connectivity index (χ4n) is 3.08. The molecule has 0 spiro atoms. The van der Waals surface area contributed by atoms with E-state index < -0.39 is 17.4 Å². The summed E-state index contributed by atoms with van der Waals surface area (Å²) in [7, 11) is 0. The van der Waals surface area contributed by atoms with Gasteiger partial charge in [0.05, 0.1) is 17.8 Å². The number of nitrogens with zero attached hydrogens (tertiary/aromatic N) is 3. The Kier molecular flexibility index (Phi) is 5.22. The van der Waals surface area contributed by atoms with Gasteiger partial charge in [-0.05, 0) is 38.0 Å². The lowest BCUT2D eigenvalue weighted by atomic mass is 10.1. The first-order valence-corrected chi connectivity index (χ1v) is 9.21. The topological polar surface area (TPSA) is 105 Å². The SMILES string of the molecule is CCc1ccc(N2CC(C(=O)Nc3cnn(C(C)(C)C(=O)O)c3)CC2=O)cc1. The van der Waals surface area contributed by atoms with Crippen LogP contribution in [0, 0.1) is 5.92 Å². The third-order valence-electron chi connectivity index (χ3n) is 5.10. The van der Waals surface area contributed by atoms with Crippen LogP contribution in [0.4, 0.5) is 11.4 Å². The van der Waals surface area contributed by atoms with E-state index in [4.69, 9.17) is 0 Å². The van der Waals surface area contributed by atoms with Crippen LogP contribution in [0.25, 0.3) is 0 Å². The van der Waals surface area contributed by atoms with Crippen molar-refractivity contribution in [3.05, 3.63) is 42.2 Å². The summed E-state index contributed by atoms with van der Waals surface area (Å²) in [6, 6.07) is 7.76. The van der Waals surface area contributed by atoms with Gasteiger partial charge in [0.2, 0.25) is 11.8 Å². The van der Waals surface area contributed by atoms with E-state index in [1.807, 2.05) is 24.3 Å². The van der Waals surface area contributed by atoms with E-state index in [1.54, 1.807) is 4.90 Å². The zero-order valence-electron chi connectivity index (χ0n) is 16.2. The Labute approximate surface area is 163 Å². The number of hydrogen-bond donors (Lipinski definition) is 2. The van der Waals surface area contributed by atoms with E-state index in [-0.39, 0.29) is 18.2 Å². The van der Waals surface area contributed by atoms with Crippen LogP contribution in [0.1, 0.15) is 32.8 Å². The third kappa shape index (κ3) is 3.76. The maximum absolute atomic E-state index is 12.6. The number of carbonyl (C=O) groups is 3. The molecule has 2 N–H and O–H groups in total. The molecule has 1 atom stereocenters. The van der Waals surface area contributed by atoms with Crippen molar-refractivity contribution in [2.45, 2.75) is 39.2 Å². The standard InChI is InChI=1S/C20H24N4O4/c1-4-13-5-7-16(8-6-13)23-11-14(9-17(23)25)18(26)22-15-10-21-24(12-15)20(2,3)19(27)28/h5-8,10,12,14H,4,9,11H2,1-3H3,(H,22,26)(H,27,28). The van der Waals surface area contributed by atoms with Crippen molar-refractivity contribution < 1.29 is 19.5 Å². The van der Waals surface area contributed by atoms with Crippen molar-refractivity contribution in [2.24, 2.45) is 5.92 Å². The molecule has 148 valence electrons. The largest absolute Gasteiger partial charge is 0.479 e. The van der Waals surface area contributed by atoms with Crippen LogP contribution < -0.4 is 10.2 Å². The molecule has 2 aromatic rings. The highest BCUT2D eigenvalue weighted by Gasteiger charge is 2.36. The molecule has 8 heteroatoms. The van der Waals surface area contributed by atoms with E-state index >= 15 is 0 Å². The van der Waals surface area contributed by atoms with Crippen molar-refractivity contribution in [3.63, 3.8) is 0 Å². The molecule has 2 heterocycles. The van der Waals surface area contributed by atoms with Gasteiger partial charge in [0.25, 0.3) is 0 Å². The van der Waals surface area contributed by atoms with Gasteiger partial charge in [-0.1, -0.05) is 19.1 Å². The monoisotopic (exact) mass is 384 g/mol. The molecule has 3 rings (SSSR count). The number of aliphatic carboxylic acids is 1. The lowest BCUT2D eigenvalue weighted by Gasteiger charge is -2.19. The van der Waals surface area contributed by atoms with Gasteiger partial charge in [-0.25, -0.2) is 4.79 Å². The second-order valence-electron chi connectivity index (χ2n) is 7.45. The van der Waals surface area contributed by atoms with E-state index in [9.17, 15) is 19.5 Å². The van der Waals surface area contributed by atoms with Gasteiger partial charge >= 0.3 is 5.97 Å². The van der Waals surface area contributed by atoms with Crippen molar-refractivity contribution >= 4 is 29.2 Å². The van der Waals surface area contributed by atoms with E-state index in [0.717, 1.165) is 12.1 Å². The zero-order valence-corrected chi connectivity index (χ0v) is 16.2. The Bertz CT molecular complexity index is 901. The van der Waals surface area contributed by atoms with Gasteiger partial charge in [-0.15, -0.1) is 0 Å². The lowest BCUT2D eigenvalue weighted by Crippen LogP contribution is -2.36. The summed E-state index contributed by atoms with van der Waals surface area (Å²) in [4.78, 5) is 37.9. The van der Waals surface area contributed by atoms with Crippen LogP contribution in [0.5, 0.6) is 0 Å². The highest BCUT2D eigenvalue weighted by Crippen LogP contribution is 2.27. The average molecular weight is 384 g/mol.